The van der Waals surface area contributed by atoms with Crippen LogP contribution in [0.5, 0.6) is 0 Å². The van der Waals surface area contributed by atoms with Gasteiger partial charge in [0.15, 0.2) is 11.6 Å². The van der Waals surface area contributed by atoms with Gasteiger partial charge < -0.3 is 0 Å². The molecule has 0 aliphatic heterocycles. The Morgan fingerprint density at radius 1 is 0.226 bits per heavy atom. The van der Waals surface area contributed by atoms with E-state index in [2.05, 4.69) is 300 Å². The van der Waals surface area contributed by atoms with Gasteiger partial charge in [0.25, 0.3) is 0 Å². The molecule has 10 heteroatoms. The third-order valence-corrected chi connectivity index (χ3v) is 23.4. The van der Waals surface area contributed by atoms with Gasteiger partial charge in [0, 0.05) is 89.3 Å². The number of benzene rings is 16. The molecule has 0 bridgehead atoms. The highest BCUT2D eigenvalue weighted by molar-refractivity contribution is 6.33. The Morgan fingerprint density at radius 2 is 0.609 bits per heavy atom. The van der Waals surface area contributed by atoms with Gasteiger partial charge in [-0.2, -0.15) is 9.97 Å². The molecule has 16 aromatic carbocycles. The molecule has 23 aromatic rings. The van der Waals surface area contributed by atoms with Crippen LogP contribution >= 0.6 is 0 Å². The standard InChI is InChI=1S/C40H25N3.C33H20N6.C32H19N/c1-2-12-26(13-3-1)27-22-24-28(25-23-27)38-33-18-8-10-20-35(33)41-40(42-38)43-36-21-11-9-19-34(36)37-31-16-6-4-14-29(31)30-15-5-7-17-32(30)39(37)43;1-3-11-21(12-4-1)31-36-32(22-13-5-2-6-14-22)38-33(37-31)39-26-18-8-7-15-23(26)27-24-16-9-19-34-28(24)29-25(30(27)39)17-10-20-35-29;1-2-13-23-20(10-1)24-15-9-19-33-31(24)30-29(23)25-14-5-8-18-28(25)32(30)26-16-6-3-11-21(26)22-12-4-7-17-27(22)32/h1-25H;1-20H;1-19H. The molecule has 0 radical (unpaired) electrons. The Balaban J connectivity index is 0.000000103. The van der Waals surface area contributed by atoms with Gasteiger partial charge in [-0.3, -0.25) is 24.1 Å². The summed E-state index contributed by atoms with van der Waals surface area (Å²) in [4.78, 5) is 40.1. The van der Waals surface area contributed by atoms with Gasteiger partial charge in [-0.05, 0) is 119 Å². The number of pyridine rings is 3. The molecule has 0 amide bonds. The second kappa shape index (κ2) is 26.3. The van der Waals surface area contributed by atoms with E-state index in [1.54, 1.807) is 0 Å². The molecule has 2 aliphatic rings. The summed E-state index contributed by atoms with van der Waals surface area (Å²) in [6.45, 7) is 0. The van der Waals surface area contributed by atoms with Crippen molar-refractivity contribution in [2.75, 3.05) is 0 Å². The van der Waals surface area contributed by atoms with E-state index in [0.717, 1.165) is 93.4 Å². The van der Waals surface area contributed by atoms with Crippen LogP contribution in [0.3, 0.4) is 0 Å². The lowest BCUT2D eigenvalue weighted by atomic mass is 9.70. The number of aromatic nitrogens is 10. The van der Waals surface area contributed by atoms with E-state index in [1.165, 1.54) is 104 Å². The number of hydrogen-bond donors (Lipinski definition) is 0. The van der Waals surface area contributed by atoms with Crippen LogP contribution in [0.4, 0.5) is 0 Å². The van der Waals surface area contributed by atoms with Crippen molar-refractivity contribution >= 4 is 120 Å². The highest BCUT2D eigenvalue weighted by Gasteiger charge is 2.53. The number of fused-ring (bicyclic) bond motifs is 32. The van der Waals surface area contributed by atoms with E-state index < -0.39 is 0 Å². The Bertz CT molecular complexity index is 7810. The molecular weight excluding hydrogens is 1400 g/mol. The molecule has 0 saturated carbocycles. The maximum Gasteiger partial charge on any atom is 0.238 e. The van der Waals surface area contributed by atoms with Gasteiger partial charge in [-0.1, -0.05) is 328 Å². The van der Waals surface area contributed by atoms with Crippen LogP contribution < -0.4 is 0 Å². The SMILES string of the molecule is c1ccc(-c2ccc(-c3nc(-n4c5ccccc5c5c6ccccc6c6ccccc6c54)nc4ccccc34)cc2)cc1.c1ccc(-c2nc(-c3ccccc3)nc(-n3c4ccccc4c4c5cccnc5c5ncccc5c43)n2)cc1.c1ccc2c(c1)-c1ccccc1C21c2ccccc2-c2c1c1ncccc1c1ccccc21. The molecule has 534 valence electrons. The molecule has 10 nitrogen and oxygen atoms in total. The summed E-state index contributed by atoms with van der Waals surface area (Å²) in [7, 11) is 0. The van der Waals surface area contributed by atoms with Gasteiger partial charge in [0.05, 0.1) is 55.2 Å². The van der Waals surface area contributed by atoms with Gasteiger partial charge in [0.2, 0.25) is 11.9 Å². The number of nitrogens with zero attached hydrogens (tertiary/aromatic N) is 10. The molecule has 7 heterocycles. The summed E-state index contributed by atoms with van der Waals surface area (Å²) in [5.41, 5.74) is 24.6. The van der Waals surface area contributed by atoms with Crippen LogP contribution in [0, 0.1) is 0 Å². The van der Waals surface area contributed by atoms with E-state index in [9.17, 15) is 0 Å². The summed E-state index contributed by atoms with van der Waals surface area (Å²) in [5, 5.41) is 16.4. The first-order valence-corrected chi connectivity index (χ1v) is 38.9. The van der Waals surface area contributed by atoms with Crippen molar-refractivity contribution in [2.24, 2.45) is 0 Å². The van der Waals surface area contributed by atoms with E-state index in [-0.39, 0.29) is 5.41 Å². The van der Waals surface area contributed by atoms with Gasteiger partial charge >= 0.3 is 0 Å². The summed E-state index contributed by atoms with van der Waals surface area (Å²) in [6.07, 6.45) is 5.59. The average molecular weight is 1470 g/mol. The van der Waals surface area contributed by atoms with Crippen LogP contribution in [0.1, 0.15) is 22.3 Å². The van der Waals surface area contributed by atoms with Crippen molar-refractivity contribution in [3.05, 3.63) is 411 Å². The second-order valence-corrected chi connectivity index (χ2v) is 29.5. The Hall–Kier alpha value is -15.5. The normalized spacial score (nSPS) is 12.4. The minimum atomic E-state index is -0.365. The molecule has 115 heavy (non-hydrogen) atoms. The van der Waals surface area contributed by atoms with Crippen LogP contribution in [-0.4, -0.2) is 49.0 Å². The summed E-state index contributed by atoms with van der Waals surface area (Å²) in [6, 6.07) is 130. The lowest BCUT2D eigenvalue weighted by molar-refractivity contribution is 0.799. The summed E-state index contributed by atoms with van der Waals surface area (Å²) >= 11 is 0. The molecule has 0 N–H and O–H groups in total. The average Bonchev–Trinajstić information content (AvgIpc) is 1.49. The first kappa shape index (κ1) is 65.4. The van der Waals surface area contributed by atoms with Crippen molar-refractivity contribution in [1.29, 1.82) is 0 Å². The zero-order valence-corrected chi connectivity index (χ0v) is 61.9. The van der Waals surface area contributed by atoms with Crippen LogP contribution in [-0.2, 0) is 5.41 Å². The molecular formula is C105H64N10. The highest BCUT2D eigenvalue weighted by Crippen LogP contribution is 2.65. The summed E-state index contributed by atoms with van der Waals surface area (Å²) < 4.78 is 4.43. The topological polar surface area (TPSA) is 113 Å². The first-order valence-electron chi connectivity index (χ1n) is 38.9. The Morgan fingerprint density at radius 3 is 1.21 bits per heavy atom. The van der Waals surface area contributed by atoms with Gasteiger partial charge in [-0.25, -0.2) is 15.0 Å². The van der Waals surface area contributed by atoms with Crippen molar-refractivity contribution in [3.63, 3.8) is 0 Å². The zero-order chi connectivity index (χ0) is 75.7. The zero-order valence-electron chi connectivity index (χ0n) is 61.9. The number of hydrogen-bond acceptors (Lipinski definition) is 8. The number of rotatable bonds is 6. The maximum absolute atomic E-state index is 5.36. The third-order valence-electron chi connectivity index (χ3n) is 23.4. The largest absolute Gasteiger partial charge is 0.277 e. The lowest BCUT2D eigenvalue weighted by Gasteiger charge is -2.31. The molecule has 0 unspecified atom stereocenters. The van der Waals surface area contributed by atoms with Crippen molar-refractivity contribution in [3.8, 4) is 79.3 Å². The third kappa shape index (κ3) is 10.0. The van der Waals surface area contributed by atoms with Gasteiger partial charge in [-0.15, -0.1) is 0 Å². The van der Waals surface area contributed by atoms with Gasteiger partial charge in [0.1, 0.15) is 0 Å². The Kier molecular flexibility index (Phi) is 15.0. The molecule has 2 aliphatic carbocycles. The predicted octanol–water partition coefficient (Wildman–Crippen LogP) is 25.5. The molecule has 7 aromatic heterocycles. The lowest BCUT2D eigenvalue weighted by Crippen LogP contribution is -2.26. The monoisotopic (exact) mass is 1460 g/mol. The Labute approximate surface area is 660 Å². The minimum Gasteiger partial charge on any atom is -0.277 e. The fourth-order valence-corrected chi connectivity index (χ4v) is 18.7. The van der Waals surface area contributed by atoms with E-state index in [1.807, 2.05) is 97.5 Å². The molecule has 1 spiro atoms. The molecule has 25 rings (SSSR count). The summed E-state index contributed by atoms with van der Waals surface area (Å²) in [5.74, 6) is 2.47. The van der Waals surface area contributed by atoms with Crippen LogP contribution in [0.15, 0.2) is 389 Å². The van der Waals surface area contributed by atoms with Crippen LogP contribution in [0.2, 0.25) is 0 Å². The van der Waals surface area contributed by atoms with E-state index >= 15 is 0 Å². The molecule has 0 atom stereocenters. The fraction of sp³-hybridized carbons (Fsp3) is 0.00952. The van der Waals surface area contributed by atoms with Crippen LogP contribution in [0.25, 0.3) is 199 Å². The fourth-order valence-electron chi connectivity index (χ4n) is 18.7. The van der Waals surface area contributed by atoms with Crippen molar-refractivity contribution in [2.45, 2.75) is 5.41 Å². The van der Waals surface area contributed by atoms with Crippen molar-refractivity contribution in [1.82, 2.24) is 49.0 Å². The highest BCUT2D eigenvalue weighted by atomic mass is 15.2. The first-order chi connectivity index (χ1) is 57.1. The molecule has 0 saturated heterocycles. The smallest absolute Gasteiger partial charge is 0.238 e. The minimum absolute atomic E-state index is 0.365. The predicted molar refractivity (Wildman–Crippen MR) is 471 cm³/mol. The maximum atomic E-state index is 5.36. The van der Waals surface area contributed by atoms with Crippen molar-refractivity contribution < 1.29 is 0 Å². The number of para-hydroxylation sites is 3. The molecule has 0 fully saturated rings. The quantitative estimate of drug-likeness (QED) is 0.151. The second-order valence-electron chi connectivity index (χ2n) is 29.5. The van der Waals surface area contributed by atoms with E-state index in [0.29, 0.717) is 23.5 Å². The van der Waals surface area contributed by atoms with E-state index in [4.69, 9.17) is 39.9 Å².